The van der Waals surface area contributed by atoms with E-state index in [1.165, 1.54) is 5.56 Å². The van der Waals surface area contributed by atoms with Crippen molar-refractivity contribution >= 4 is 11.9 Å². The molecule has 0 aromatic heterocycles. The van der Waals surface area contributed by atoms with E-state index in [4.69, 9.17) is 18.7 Å². The minimum absolute atomic E-state index is 0. The van der Waals surface area contributed by atoms with Crippen molar-refractivity contribution in [2.24, 2.45) is 4.99 Å². The summed E-state index contributed by atoms with van der Waals surface area (Å²) < 4.78 is 27.6. The van der Waals surface area contributed by atoms with Crippen LogP contribution in [-0.2, 0) is 31.3 Å². The van der Waals surface area contributed by atoms with Crippen LogP contribution in [0.3, 0.4) is 0 Å². The molecular weight excluding hydrogens is 346 g/mol. The summed E-state index contributed by atoms with van der Waals surface area (Å²) in [4.78, 5) is 4.43. The molecule has 0 spiro atoms. The number of nitrogens with zero attached hydrogens (tertiary/aromatic N) is 1. The zero-order chi connectivity index (χ0) is 18.1. The molecule has 2 aromatic rings. The fourth-order valence-corrected chi connectivity index (χ4v) is 1.54. The molecule has 0 fully saturated rings. The molecule has 0 radical (unpaired) electrons. The molecule has 6 heteroatoms. The second-order valence-electron chi connectivity index (χ2n) is 3.81. The van der Waals surface area contributed by atoms with Gasteiger partial charge in [-0.15, -0.1) is 0 Å². The van der Waals surface area contributed by atoms with Crippen molar-refractivity contribution in [3.8, 4) is 5.75 Å². The summed E-state index contributed by atoms with van der Waals surface area (Å²) in [6.45, 7) is 15.6. The molecule has 5 nitrogen and oxygen atoms in total. The molecule has 0 atom stereocenters. The first-order valence-corrected chi connectivity index (χ1v) is 6.14. The first-order chi connectivity index (χ1) is 11.3. The second kappa shape index (κ2) is 18.7. The van der Waals surface area contributed by atoms with E-state index in [1.54, 1.807) is 7.11 Å². The van der Waals surface area contributed by atoms with E-state index < -0.39 is 0 Å². The van der Waals surface area contributed by atoms with Crippen molar-refractivity contribution in [2.45, 2.75) is 6.92 Å². The van der Waals surface area contributed by atoms with Crippen molar-refractivity contribution in [1.29, 1.82) is 0 Å². The Balaban J connectivity index is -0.000000569. The van der Waals surface area contributed by atoms with E-state index in [0.717, 1.165) is 17.0 Å². The SMILES string of the molecule is COc1ccc(N=Cc2ccccc2C)cc1.[C-]#[O+].[C-]#[O+].[C-]#[O+].[Cr]. The zero-order valence-corrected chi connectivity index (χ0v) is 14.5. The van der Waals surface area contributed by atoms with Gasteiger partial charge in [-0.1, -0.05) is 24.3 Å². The van der Waals surface area contributed by atoms with Crippen molar-refractivity contribution in [3.05, 3.63) is 79.6 Å². The van der Waals surface area contributed by atoms with Crippen LogP contribution in [0.1, 0.15) is 11.1 Å². The first kappa shape index (κ1) is 26.6. The molecule has 122 valence electrons. The third-order valence-corrected chi connectivity index (χ3v) is 2.61. The van der Waals surface area contributed by atoms with Gasteiger partial charge in [-0.05, 0) is 42.3 Å². The number of ether oxygens (including phenoxy) is 1. The van der Waals surface area contributed by atoms with E-state index in [9.17, 15) is 0 Å². The molecule has 0 amide bonds. The monoisotopic (exact) mass is 361 g/mol. The number of hydrogen-bond acceptors (Lipinski definition) is 2. The van der Waals surface area contributed by atoms with E-state index in [-0.39, 0.29) is 17.4 Å². The van der Waals surface area contributed by atoms with Crippen LogP contribution >= 0.6 is 0 Å². The molecule has 24 heavy (non-hydrogen) atoms. The van der Waals surface area contributed by atoms with Gasteiger partial charge in [0.2, 0.25) is 0 Å². The fourth-order valence-electron chi connectivity index (χ4n) is 1.54. The van der Waals surface area contributed by atoms with Gasteiger partial charge in [-0.2, -0.15) is 0 Å². The van der Waals surface area contributed by atoms with E-state index >= 15 is 0 Å². The number of benzene rings is 2. The molecule has 2 aromatic carbocycles. The standard InChI is InChI=1S/C15H15NO.3CO.Cr/c1-12-5-3-4-6-13(12)11-16-14-7-9-15(17-2)10-8-14;3*1-2;/h3-11H,1-2H3;;;;. The molecular formula is C18H15CrNO4. The number of aliphatic imine (C=N–C) groups is 1. The molecule has 0 bridgehead atoms. The number of aryl methyl sites for hydroxylation is 1. The van der Waals surface area contributed by atoms with Crippen molar-refractivity contribution in [3.63, 3.8) is 0 Å². The van der Waals surface area contributed by atoms with E-state index in [0.29, 0.717) is 0 Å². The summed E-state index contributed by atoms with van der Waals surface area (Å²) in [7, 11) is 1.66. The summed E-state index contributed by atoms with van der Waals surface area (Å²) >= 11 is 0. The van der Waals surface area contributed by atoms with E-state index in [1.807, 2.05) is 42.6 Å². The van der Waals surface area contributed by atoms with Gasteiger partial charge in [-0.25, -0.2) is 0 Å². The Hall–Kier alpha value is -2.34. The van der Waals surface area contributed by atoms with Crippen LogP contribution in [0.25, 0.3) is 0 Å². The molecule has 2 rings (SSSR count). The van der Waals surface area contributed by atoms with Crippen LogP contribution in [-0.4, -0.2) is 13.3 Å². The topological polar surface area (TPSA) is 81.3 Å². The predicted octanol–water partition coefficient (Wildman–Crippen LogP) is 3.64. The van der Waals surface area contributed by atoms with Gasteiger partial charge in [0.15, 0.2) is 0 Å². The van der Waals surface area contributed by atoms with E-state index in [2.05, 4.69) is 44.0 Å². The normalized spacial score (nSPS) is 7.83. The number of rotatable bonds is 3. The number of hydrogen-bond donors (Lipinski definition) is 0. The van der Waals surface area contributed by atoms with Gasteiger partial charge in [0.05, 0.1) is 12.8 Å². The third-order valence-electron chi connectivity index (χ3n) is 2.61. The number of methoxy groups -OCH3 is 1. The van der Waals surface area contributed by atoms with Crippen LogP contribution in [0.4, 0.5) is 5.69 Å². The molecule has 0 heterocycles. The zero-order valence-electron chi connectivity index (χ0n) is 13.2. The molecule has 0 unspecified atom stereocenters. The summed E-state index contributed by atoms with van der Waals surface area (Å²) in [5.41, 5.74) is 3.29. The van der Waals surface area contributed by atoms with Gasteiger partial charge in [0, 0.05) is 23.6 Å². The average molecular weight is 361 g/mol. The maximum atomic E-state index is 7.50. The van der Waals surface area contributed by atoms with Gasteiger partial charge >= 0.3 is 33.9 Å². The molecule has 0 aliphatic heterocycles. The Bertz CT molecular complexity index is 632. The Morgan fingerprint density at radius 1 is 0.875 bits per heavy atom. The van der Waals surface area contributed by atoms with Crippen LogP contribution in [0.2, 0.25) is 0 Å². The molecule has 0 N–H and O–H groups in total. The Labute approximate surface area is 152 Å². The van der Waals surface area contributed by atoms with Crippen LogP contribution in [0.5, 0.6) is 5.75 Å². The summed E-state index contributed by atoms with van der Waals surface area (Å²) in [6.07, 6.45) is 1.89. The minimum atomic E-state index is 0. The Morgan fingerprint density at radius 3 is 1.83 bits per heavy atom. The molecule has 0 saturated heterocycles. The molecule has 0 saturated carbocycles. The van der Waals surface area contributed by atoms with Crippen molar-refractivity contribution in [1.82, 2.24) is 0 Å². The van der Waals surface area contributed by atoms with Crippen LogP contribution < -0.4 is 4.74 Å². The Morgan fingerprint density at radius 2 is 1.38 bits per heavy atom. The van der Waals surface area contributed by atoms with Gasteiger partial charge in [0.1, 0.15) is 5.75 Å². The summed E-state index contributed by atoms with van der Waals surface area (Å²) in [5, 5.41) is 0. The summed E-state index contributed by atoms with van der Waals surface area (Å²) in [6, 6.07) is 15.9. The maximum Gasteiger partial charge on any atom is 0 e. The molecule has 0 aliphatic rings. The quantitative estimate of drug-likeness (QED) is 0.467. The van der Waals surface area contributed by atoms with Crippen molar-refractivity contribution in [2.75, 3.05) is 7.11 Å². The summed E-state index contributed by atoms with van der Waals surface area (Å²) in [5.74, 6) is 0.847. The van der Waals surface area contributed by atoms with Crippen molar-refractivity contribution < 1.29 is 36.1 Å². The van der Waals surface area contributed by atoms with Gasteiger partial charge < -0.3 is 4.74 Å². The first-order valence-electron chi connectivity index (χ1n) is 6.14. The van der Waals surface area contributed by atoms with Gasteiger partial charge in [0.25, 0.3) is 0 Å². The predicted molar refractivity (Wildman–Crippen MR) is 83.2 cm³/mol. The van der Waals surface area contributed by atoms with Crippen LogP contribution in [0.15, 0.2) is 53.5 Å². The maximum absolute atomic E-state index is 7.50. The smallest absolute Gasteiger partial charge is 0 e. The minimum Gasteiger partial charge on any atom is 0 e. The Kier molecular flexibility index (Phi) is 20.7. The van der Waals surface area contributed by atoms with Crippen LogP contribution in [0, 0.1) is 26.9 Å². The largest absolute Gasteiger partial charge is 0 e. The fraction of sp³-hybridized carbons (Fsp3) is 0.111. The second-order valence-corrected chi connectivity index (χ2v) is 3.81. The molecule has 0 aliphatic carbocycles. The third kappa shape index (κ3) is 10.4. The van der Waals surface area contributed by atoms with Gasteiger partial charge in [-0.3, -0.25) is 4.99 Å². The average Bonchev–Trinajstić information content (AvgIpc) is 2.66.